The second-order valence-corrected chi connectivity index (χ2v) is 4.46. The number of hydrogen-bond donors (Lipinski definition) is 2. The summed E-state index contributed by atoms with van der Waals surface area (Å²) in [6, 6.07) is 9.14. The van der Waals surface area contributed by atoms with Crippen LogP contribution < -0.4 is 5.32 Å². The van der Waals surface area contributed by atoms with Crippen LogP contribution in [0.5, 0.6) is 0 Å². The third kappa shape index (κ3) is 5.63. The normalized spacial score (nSPS) is 12.6. The summed E-state index contributed by atoms with van der Waals surface area (Å²) < 4.78 is 5.21. The van der Waals surface area contributed by atoms with Gasteiger partial charge in [-0.05, 0) is 37.4 Å². The Labute approximate surface area is 110 Å². The Kier molecular flexibility index (Phi) is 7.65. The molecule has 0 aliphatic rings. The smallest absolute Gasteiger partial charge is 0.0697 e. The number of aliphatic hydroxyl groups is 1. The van der Waals surface area contributed by atoms with Crippen LogP contribution in [0.2, 0.25) is 0 Å². The number of hydrogen-bond acceptors (Lipinski definition) is 3. The third-order valence-electron chi connectivity index (χ3n) is 3.04. The lowest BCUT2D eigenvalue weighted by molar-refractivity contribution is 0.0904. The van der Waals surface area contributed by atoms with Crippen molar-refractivity contribution in [2.45, 2.75) is 32.7 Å². The molecular formula is C15H25NO2. The standard InChI is InChI=1S/C15H25NO2/c1-3-14-5-7-15(8-6-14)13(2)16-9-4-11-18-12-10-17/h5-8,13,16-17H,3-4,9-12H2,1-2H3. The van der Waals surface area contributed by atoms with Gasteiger partial charge in [-0.3, -0.25) is 0 Å². The second-order valence-electron chi connectivity index (χ2n) is 4.46. The molecule has 0 radical (unpaired) electrons. The molecule has 0 heterocycles. The molecule has 18 heavy (non-hydrogen) atoms. The number of nitrogens with one attached hydrogen (secondary N) is 1. The van der Waals surface area contributed by atoms with E-state index in [1.54, 1.807) is 0 Å². The van der Waals surface area contributed by atoms with Crippen LogP contribution in [0.1, 0.15) is 37.4 Å². The van der Waals surface area contributed by atoms with Crippen molar-refractivity contribution in [1.29, 1.82) is 0 Å². The highest BCUT2D eigenvalue weighted by molar-refractivity contribution is 5.24. The topological polar surface area (TPSA) is 41.5 Å². The van der Waals surface area contributed by atoms with Crippen LogP contribution >= 0.6 is 0 Å². The molecule has 0 bridgehead atoms. The lowest BCUT2D eigenvalue weighted by Gasteiger charge is -2.14. The molecule has 0 saturated carbocycles. The Hall–Kier alpha value is -0.900. The van der Waals surface area contributed by atoms with Crippen LogP contribution in [-0.2, 0) is 11.2 Å². The zero-order valence-electron chi connectivity index (χ0n) is 11.5. The van der Waals surface area contributed by atoms with E-state index in [-0.39, 0.29) is 6.61 Å². The van der Waals surface area contributed by atoms with Crippen LogP contribution in [0.3, 0.4) is 0 Å². The van der Waals surface area contributed by atoms with E-state index in [4.69, 9.17) is 9.84 Å². The first-order chi connectivity index (χ1) is 8.77. The maximum Gasteiger partial charge on any atom is 0.0697 e. The molecule has 0 aliphatic carbocycles. The molecule has 0 amide bonds. The van der Waals surface area contributed by atoms with Crippen molar-refractivity contribution in [3.05, 3.63) is 35.4 Å². The van der Waals surface area contributed by atoms with E-state index in [2.05, 4.69) is 43.4 Å². The number of aliphatic hydroxyl groups excluding tert-OH is 1. The molecule has 0 saturated heterocycles. The first-order valence-electron chi connectivity index (χ1n) is 6.78. The summed E-state index contributed by atoms with van der Waals surface area (Å²) in [5, 5.41) is 12.0. The van der Waals surface area contributed by atoms with Crippen LogP contribution in [-0.4, -0.2) is 31.5 Å². The monoisotopic (exact) mass is 251 g/mol. The fraction of sp³-hybridized carbons (Fsp3) is 0.600. The summed E-state index contributed by atoms with van der Waals surface area (Å²) in [7, 11) is 0. The SMILES string of the molecule is CCc1ccc(C(C)NCCCOCCO)cc1. The molecule has 0 fully saturated rings. The Morgan fingerprint density at radius 3 is 2.56 bits per heavy atom. The van der Waals surface area contributed by atoms with Crippen LogP contribution in [0.4, 0.5) is 0 Å². The summed E-state index contributed by atoms with van der Waals surface area (Å²) in [6.45, 7) is 6.53. The van der Waals surface area contributed by atoms with Crippen molar-refractivity contribution >= 4 is 0 Å². The fourth-order valence-electron chi connectivity index (χ4n) is 1.82. The number of benzene rings is 1. The van der Waals surface area contributed by atoms with Crippen LogP contribution in [0.25, 0.3) is 0 Å². The third-order valence-corrected chi connectivity index (χ3v) is 3.04. The van der Waals surface area contributed by atoms with E-state index in [9.17, 15) is 0 Å². The molecular weight excluding hydrogens is 226 g/mol. The molecule has 1 unspecified atom stereocenters. The largest absolute Gasteiger partial charge is 0.394 e. The minimum atomic E-state index is 0.105. The summed E-state index contributed by atoms with van der Waals surface area (Å²) in [6.07, 6.45) is 2.06. The van der Waals surface area contributed by atoms with Gasteiger partial charge in [-0.2, -0.15) is 0 Å². The summed E-state index contributed by atoms with van der Waals surface area (Å²) in [4.78, 5) is 0. The predicted octanol–water partition coefficient (Wildman–Crippen LogP) is 2.30. The van der Waals surface area contributed by atoms with Crippen molar-refractivity contribution in [1.82, 2.24) is 5.32 Å². The molecule has 0 spiro atoms. The maximum atomic E-state index is 8.56. The molecule has 3 heteroatoms. The first-order valence-corrected chi connectivity index (χ1v) is 6.78. The highest BCUT2D eigenvalue weighted by Crippen LogP contribution is 2.13. The quantitative estimate of drug-likeness (QED) is 0.662. The Morgan fingerprint density at radius 2 is 1.94 bits per heavy atom. The highest BCUT2D eigenvalue weighted by Gasteiger charge is 2.03. The van der Waals surface area contributed by atoms with Gasteiger partial charge < -0.3 is 15.2 Å². The van der Waals surface area contributed by atoms with E-state index >= 15 is 0 Å². The number of aryl methyl sites for hydroxylation is 1. The number of ether oxygens (including phenoxy) is 1. The van der Waals surface area contributed by atoms with Crippen molar-refractivity contribution in [2.24, 2.45) is 0 Å². The molecule has 3 nitrogen and oxygen atoms in total. The average Bonchev–Trinajstić information content (AvgIpc) is 2.42. The molecule has 0 aliphatic heterocycles. The van der Waals surface area contributed by atoms with Gasteiger partial charge in [0.2, 0.25) is 0 Å². The Balaban J connectivity index is 2.21. The lowest BCUT2D eigenvalue weighted by Crippen LogP contribution is -2.21. The van der Waals surface area contributed by atoms with E-state index in [0.29, 0.717) is 19.3 Å². The fourth-order valence-corrected chi connectivity index (χ4v) is 1.82. The van der Waals surface area contributed by atoms with Crippen molar-refractivity contribution < 1.29 is 9.84 Å². The van der Waals surface area contributed by atoms with E-state index < -0.39 is 0 Å². The van der Waals surface area contributed by atoms with Gasteiger partial charge in [0.1, 0.15) is 0 Å². The van der Waals surface area contributed by atoms with Crippen molar-refractivity contribution in [2.75, 3.05) is 26.4 Å². The molecule has 0 aromatic heterocycles. The van der Waals surface area contributed by atoms with Gasteiger partial charge in [0.05, 0.1) is 13.2 Å². The molecule has 1 rings (SSSR count). The van der Waals surface area contributed by atoms with Gasteiger partial charge in [0.15, 0.2) is 0 Å². The molecule has 1 aromatic carbocycles. The Morgan fingerprint density at radius 1 is 1.22 bits per heavy atom. The molecule has 1 atom stereocenters. The predicted molar refractivity (Wildman–Crippen MR) is 74.8 cm³/mol. The second kappa shape index (κ2) is 9.09. The van der Waals surface area contributed by atoms with Gasteiger partial charge in [-0.15, -0.1) is 0 Å². The van der Waals surface area contributed by atoms with Crippen molar-refractivity contribution in [3.8, 4) is 0 Å². The van der Waals surface area contributed by atoms with Crippen molar-refractivity contribution in [3.63, 3.8) is 0 Å². The first kappa shape index (κ1) is 15.2. The van der Waals surface area contributed by atoms with Crippen LogP contribution in [0, 0.1) is 0 Å². The van der Waals surface area contributed by atoms with Gasteiger partial charge >= 0.3 is 0 Å². The minimum Gasteiger partial charge on any atom is -0.394 e. The minimum absolute atomic E-state index is 0.105. The highest BCUT2D eigenvalue weighted by atomic mass is 16.5. The average molecular weight is 251 g/mol. The van der Waals surface area contributed by atoms with E-state index in [1.165, 1.54) is 11.1 Å². The summed E-state index contributed by atoms with van der Waals surface area (Å²) in [5.41, 5.74) is 2.70. The molecule has 102 valence electrons. The zero-order chi connectivity index (χ0) is 13.2. The summed E-state index contributed by atoms with van der Waals surface area (Å²) >= 11 is 0. The van der Waals surface area contributed by atoms with E-state index in [1.807, 2.05) is 0 Å². The van der Waals surface area contributed by atoms with Gasteiger partial charge in [-0.25, -0.2) is 0 Å². The summed E-state index contributed by atoms with van der Waals surface area (Å²) in [5.74, 6) is 0. The van der Waals surface area contributed by atoms with Gasteiger partial charge in [0.25, 0.3) is 0 Å². The number of rotatable bonds is 9. The maximum absolute atomic E-state index is 8.56. The Bertz CT molecular complexity index is 311. The van der Waals surface area contributed by atoms with E-state index in [0.717, 1.165) is 19.4 Å². The molecule has 2 N–H and O–H groups in total. The lowest BCUT2D eigenvalue weighted by atomic mass is 10.1. The van der Waals surface area contributed by atoms with Gasteiger partial charge in [0, 0.05) is 12.6 Å². The zero-order valence-corrected chi connectivity index (χ0v) is 11.5. The van der Waals surface area contributed by atoms with Crippen LogP contribution in [0.15, 0.2) is 24.3 Å². The van der Waals surface area contributed by atoms with Gasteiger partial charge in [-0.1, -0.05) is 31.2 Å². The molecule has 1 aromatic rings.